The molecular weight excluding hydrogens is 357 g/mol. The maximum atomic E-state index is 12.0. The van der Waals surface area contributed by atoms with Crippen molar-refractivity contribution in [1.29, 1.82) is 0 Å². The standard InChI is InChI=1S/C13H14Cl3NO5/c1-3-21-12(19)17-11(13(14,15)16)22-10(18)8-4-6-9(20-2)7-5-8/h4-7,11H,3H2,1-2H3,(H,17,19). The van der Waals surface area contributed by atoms with Gasteiger partial charge in [-0.2, -0.15) is 0 Å². The number of halogens is 3. The fourth-order valence-corrected chi connectivity index (χ4v) is 1.66. The third-order valence-corrected chi connectivity index (χ3v) is 2.97. The Morgan fingerprint density at radius 2 is 1.82 bits per heavy atom. The molecule has 0 fully saturated rings. The zero-order valence-electron chi connectivity index (χ0n) is 11.8. The van der Waals surface area contributed by atoms with E-state index < -0.39 is 22.1 Å². The van der Waals surface area contributed by atoms with Crippen LogP contribution in [0.25, 0.3) is 0 Å². The molecule has 0 saturated heterocycles. The molecule has 0 spiro atoms. The molecule has 0 heterocycles. The summed E-state index contributed by atoms with van der Waals surface area (Å²) < 4.78 is 12.6. The average Bonchev–Trinajstić information content (AvgIpc) is 2.46. The van der Waals surface area contributed by atoms with Gasteiger partial charge in [0.15, 0.2) is 0 Å². The van der Waals surface area contributed by atoms with Gasteiger partial charge >= 0.3 is 12.1 Å². The number of amides is 1. The number of alkyl halides is 3. The average molecular weight is 371 g/mol. The second-order valence-corrected chi connectivity index (χ2v) is 6.29. The molecular formula is C13H14Cl3NO5. The summed E-state index contributed by atoms with van der Waals surface area (Å²) in [5.41, 5.74) is 0.200. The van der Waals surface area contributed by atoms with Gasteiger partial charge in [0.1, 0.15) is 5.75 Å². The Morgan fingerprint density at radius 1 is 1.23 bits per heavy atom. The molecule has 1 N–H and O–H groups in total. The van der Waals surface area contributed by atoms with Crippen molar-refractivity contribution in [1.82, 2.24) is 5.32 Å². The van der Waals surface area contributed by atoms with E-state index in [1.807, 2.05) is 0 Å². The first-order valence-corrected chi connectivity index (χ1v) is 7.26. The molecule has 9 heteroatoms. The molecule has 0 aliphatic carbocycles. The lowest BCUT2D eigenvalue weighted by atomic mass is 10.2. The quantitative estimate of drug-likeness (QED) is 0.489. The van der Waals surface area contributed by atoms with Crippen molar-refractivity contribution in [2.24, 2.45) is 0 Å². The largest absolute Gasteiger partial charge is 0.497 e. The number of nitrogens with one attached hydrogen (secondary N) is 1. The number of carbonyl (C=O) groups is 2. The van der Waals surface area contributed by atoms with Crippen LogP contribution in [0.2, 0.25) is 0 Å². The van der Waals surface area contributed by atoms with E-state index in [0.717, 1.165) is 0 Å². The van der Waals surface area contributed by atoms with E-state index in [9.17, 15) is 9.59 Å². The van der Waals surface area contributed by atoms with Crippen LogP contribution in [0.4, 0.5) is 4.79 Å². The first-order valence-electron chi connectivity index (χ1n) is 6.13. The van der Waals surface area contributed by atoms with E-state index in [1.54, 1.807) is 19.1 Å². The van der Waals surface area contributed by atoms with Crippen molar-refractivity contribution in [2.75, 3.05) is 13.7 Å². The fraction of sp³-hybridized carbons (Fsp3) is 0.385. The Morgan fingerprint density at radius 3 is 2.27 bits per heavy atom. The Balaban J connectivity index is 2.79. The second-order valence-electron chi connectivity index (χ2n) is 3.92. The van der Waals surface area contributed by atoms with E-state index in [-0.39, 0.29) is 12.2 Å². The molecule has 22 heavy (non-hydrogen) atoms. The van der Waals surface area contributed by atoms with Gasteiger partial charge in [0.25, 0.3) is 0 Å². The lowest BCUT2D eigenvalue weighted by molar-refractivity contribution is 0.0219. The Hall–Kier alpha value is -1.37. The highest BCUT2D eigenvalue weighted by atomic mass is 35.6. The number of alkyl carbamates (subject to hydrolysis) is 1. The molecule has 1 rings (SSSR count). The number of hydrogen-bond donors (Lipinski definition) is 1. The highest BCUT2D eigenvalue weighted by Gasteiger charge is 2.38. The van der Waals surface area contributed by atoms with E-state index in [1.165, 1.54) is 19.2 Å². The van der Waals surface area contributed by atoms with Gasteiger partial charge in [0.2, 0.25) is 10.0 Å². The van der Waals surface area contributed by atoms with Crippen molar-refractivity contribution in [3.63, 3.8) is 0 Å². The van der Waals surface area contributed by atoms with Gasteiger partial charge in [-0.25, -0.2) is 9.59 Å². The summed E-state index contributed by atoms with van der Waals surface area (Å²) >= 11 is 17.1. The minimum absolute atomic E-state index is 0.116. The van der Waals surface area contributed by atoms with Gasteiger partial charge < -0.3 is 14.2 Å². The highest BCUT2D eigenvalue weighted by molar-refractivity contribution is 6.68. The van der Waals surface area contributed by atoms with Crippen LogP contribution in [-0.4, -0.2) is 35.8 Å². The van der Waals surface area contributed by atoms with E-state index >= 15 is 0 Å². The molecule has 1 aromatic carbocycles. The number of rotatable bonds is 5. The lowest BCUT2D eigenvalue weighted by Gasteiger charge is -2.24. The maximum Gasteiger partial charge on any atom is 0.410 e. The fourth-order valence-electron chi connectivity index (χ4n) is 1.36. The van der Waals surface area contributed by atoms with Crippen molar-refractivity contribution in [2.45, 2.75) is 16.9 Å². The predicted octanol–water partition coefficient (Wildman–Crippen LogP) is 3.29. The van der Waals surface area contributed by atoms with E-state index in [2.05, 4.69) is 10.1 Å². The van der Waals surface area contributed by atoms with Crippen LogP contribution in [0.15, 0.2) is 24.3 Å². The first-order chi connectivity index (χ1) is 10.3. The minimum atomic E-state index is -2.06. The van der Waals surface area contributed by atoms with Gasteiger partial charge in [-0.15, -0.1) is 0 Å². The molecule has 6 nitrogen and oxygen atoms in total. The van der Waals surface area contributed by atoms with Crippen molar-refractivity contribution in [3.05, 3.63) is 29.8 Å². The molecule has 1 aromatic rings. The summed E-state index contributed by atoms with van der Waals surface area (Å²) in [4.78, 5) is 23.4. The Bertz CT molecular complexity index is 515. The molecule has 0 aliphatic heterocycles. The topological polar surface area (TPSA) is 73.9 Å². The number of ether oxygens (including phenoxy) is 3. The summed E-state index contributed by atoms with van der Waals surface area (Å²) in [6.45, 7) is 1.72. The predicted molar refractivity (Wildman–Crippen MR) is 82.6 cm³/mol. The van der Waals surface area contributed by atoms with E-state index in [4.69, 9.17) is 44.3 Å². The smallest absolute Gasteiger partial charge is 0.410 e. The molecule has 1 amide bonds. The molecule has 0 aromatic heterocycles. The molecule has 0 bridgehead atoms. The van der Waals surface area contributed by atoms with Crippen molar-refractivity contribution < 1.29 is 23.8 Å². The van der Waals surface area contributed by atoms with Gasteiger partial charge in [-0.3, -0.25) is 5.32 Å². The molecule has 1 atom stereocenters. The monoisotopic (exact) mass is 369 g/mol. The minimum Gasteiger partial charge on any atom is -0.497 e. The van der Waals surface area contributed by atoms with Crippen LogP contribution in [0.3, 0.4) is 0 Å². The van der Waals surface area contributed by atoms with Crippen LogP contribution < -0.4 is 10.1 Å². The molecule has 0 aliphatic rings. The van der Waals surface area contributed by atoms with Crippen molar-refractivity contribution >= 4 is 46.9 Å². The van der Waals surface area contributed by atoms with Crippen LogP contribution in [0.1, 0.15) is 17.3 Å². The normalized spacial score (nSPS) is 12.2. The maximum absolute atomic E-state index is 12.0. The SMILES string of the molecule is CCOC(=O)NC(OC(=O)c1ccc(OC)cc1)C(Cl)(Cl)Cl. The summed E-state index contributed by atoms with van der Waals surface area (Å²) in [5, 5.41) is 2.16. The summed E-state index contributed by atoms with van der Waals surface area (Å²) in [6.07, 6.45) is -2.38. The third-order valence-electron chi connectivity index (χ3n) is 2.37. The Labute approximate surface area is 142 Å². The van der Waals surface area contributed by atoms with Gasteiger partial charge in [0, 0.05) is 0 Å². The van der Waals surface area contributed by atoms with Crippen LogP contribution in [0.5, 0.6) is 5.75 Å². The first kappa shape index (κ1) is 18.7. The number of carbonyl (C=O) groups excluding carboxylic acids is 2. The van der Waals surface area contributed by atoms with Crippen LogP contribution >= 0.6 is 34.8 Å². The van der Waals surface area contributed by atoms with Crippen molar-refractivity contribution in [3.8, 4) is 5.75 Å². The number of benzene rings is 1. The van der Waals surface area contributed by atoms with Gasteiger partial charge in [-0.1, -0.05) is 34.8 Å². The van der Waals surface area contributed by atoms with E-state index in [0.29, 0.717) is 5.75 Å². The lowest BCUT2D eigenvalue weighted by Crippen LogP contribution is -2.47. The summed E-state index contributed by atoms with van der Waals surface area (Å²) in [6, 6.07) is 6.08. The molecule has 1 unspecified atom stereocenters. The zero-order chi connectivity index (χ0) is 16.8. The van der Waals surface area contributed by atoms with Crippen LogP contribution in [-0.2, 0) is 9.47 Å². The van der Waals surface area contributed by atoms with Crippen LogP contribution in [0, 0.1) is 0 Å². The van der Waals surface area contributed by atoms with Gasteiger partial charge in [-0.05, 0) is 31.2 Å². The third kappa shape index (κ3) is 5.79. The highest BCUT2D eigenvalue weighted by Crippen LogP contribution is 2.31. The molecule has 122 valence electrons. The summed E-state index contributed by atoms with van der Waals surface area (Å²) in [5.74, 6) is -0.213. The molecule has 0 saturated carbocycles. The molecule has 0 radical (unpaired) electrons. The second kappa shape index (κ2) is 8.31. The Kier molecular flexibility index (Phi) is 7.06. The van der Waals surface area contributed by atoms with Gasteiger partial charge in [0.05, 0.1) is 19.3 Å². The number of esters is 1. The summed E-state index contributed by atoms with van der Waals surface area (Å²) in [7, 11) is 1.50. The number of methoxy groups -OCH3 is 1. The number of hydrogen-bond acceptors (Lipinski definition) is 5. The zero-order valence-corrected chi connectivity index (χ0v) is 14.0.